The lowest BCUT2D eigenvalue weighted by atomic mass is 9.77. The van der Waals surface area contributed by atoms with Crippen LogP contribution in [-0.2, 0) is 15.6 Å². The van der Waals surface area contributed by atoms with Gasteiger partial charge in [-0.1, -0.05) is 22.9 Å². The highest BCUT2D eigenvalue weighted by atomic mass is 32.2. The monoisotopic (exact) mass is 376 g/mol. The molecule has 1 aromatic carbocycles. The minimum absolute atomic E-state index is 0.0890. The van der Waals surface area contributed by atoms with E-state index < -0.39 is 15.6 Å². The number of piperidine rings is 1. The van der Waals surface area contributed by atoms with E-state index in [1.54, 1.807) is 12.1 Å². The summed E-state index contributed by atoms with van der Waals surface area (Å²) in [5.74, 6) is 0.965. The van der Waals surface area contributed by atoms with E-state index in [-0.39, 0.29) is 5.92 Å². The van der Waals surface area contributed by atoms with Gasteiger partial charge in [0, 0.05) is 13.1 Å². The van der Waals surface area contributed by atoms with Crippen LogP contribution in [0.2, 0.25) is 0 Å². The van der Waals surface area contributed by atoms with Crippen molar-refractivity contribution in [2.45, 2.75) is 55.4 Å². The Balaban J connectivity index is 1.53. The molecule has 7 nitrogen and oxygen atoms in total. The Hall–Kier alpha value is -1.77. The van der Waals surface area contributed by atoms with Gasteiger partial charge >= 0.3 is 0 Å². The SMILES string of the molecule is Cc1ccc(S(=O)(=O)N2CCCC(c3nc(C4(N)CCC4)no3)C2)cc1. The summed E-state index contributed by atoms with van der Waals surface area (Å²) in [7, 11) is -3.52. The van der Waals surface area contributed by atoms with Gasteiger partial charge in [0.1, 0.15) is 0 Å². The van der Waals surface area contributed by atoms with E-state index in [9.17, 15) is 8.42 Å². The first-order valence-electron chi connectivity index (χ1n) is 9.08. The zero-order valence-corrected chi connectivity index (χ0v) is 15.7. The summed E-state index contributed by atoms with van der Waals surface area (Å²) in [6, 6.07) is 6.96. The zero-order chi connectivity index (χ0) is 18.4. The van der Waals surface area contributed by atoms with Crippen molar-refractivity contribution >= 4 is 10.0 Å². The van der Waals surface area contributed by atoms with Gasteiger partial charge in [-0.3, -0.25) is 0 Å². The summed E-state index contributed by atoms with van der Waals surface area (Å²) in [5.41, 5.74) is 6.83. The van der Waals surface area contributed by atoms with Gasteiger partial charge in [0.15, 0.2) is 5.82 Å². The highest BCUT2D eigenvalue weighted by Crippen LogP contribution is 2.38. The minimum atomic E-state index is -3.52. The van der Waals surface area contributed by atoms with E-state index >= 15 is 0 Å². The molecule has 1 aliphatic heterocycles. The summed E-state index contributed by atoms with van der Waals surface area (Å²) in [6.45, 7) is 2.80. The Kier molecular flexibility index (Phi) is 4.37. The second-order valence-electron chi connectivity index (χ2n) is 7.48. The van der Waals surface area contributed by atoms with E-state index in [2.05, 4.69) is 10.1 Å². The molecule has 2 N–H and O–H groups in total. The lowest BCUT2D eigenvalue weighted by Crippen LogP contribution is -2.44. The molecule has 1 saturated carbocycles. The lowest BCUT2D eigenvalue weighted by Gasteiger charge is -2.34. The number of hydrogen-bond donors (Lipinski definition) is 1. The molecule has 1 saturated heterocycles. The fourth-order valence-electron chi connectivity index (χ4n) is 3.61. The first kappa shape index (κ1) is 17.6. The van der Waals surface area contributed by atoms with Crippen LogP contribution in [0.25, 0.3) is 0 Å². The van der Waals surface area contributed by atoms with Crippen LogP contribution >= 0.6 is 0 Å². The Labute approximate surface area is 153 Å². The second-order valence-corrected chi connectivity index (χ2v) is 9.42. The first-order valence-corrected chi connectivity index (χ1v) is 10.5. The maximum Gasteiger partial charge on any atom is 0.243 e. The number of rotatable bonds is 4. The Morgan fingerprint density at radius 2 is 1.96 bits per heavy atom. The van der Waals surface area contributed by atoms with Crippen molar-refractivity contribution in [3.8, 4) is 0 Å². The third-order valence-corrected chi connectivity index (χ3v) is 7.40. The molecular formula is C18H24N4O3S. The Morgan fingerprint density at radius 3 is 2.62 bits per heavy atom. The van der Waals surface area contributed by atoms with E-state index in [1.165, 1.54) is 4.31 Å². The third-order valence-electron chi connectivity index (χ3n) is 5.52. The van der Waals surface area contributed by atoms with Crippen molar-refractivity contribution in [2.75, 3.05) is 13.1 Å². The van der Waals surface area contributed by atoms with E-state index in [0.29, 0.717) is 29.7 Å². The molecule has 2 aliphatic rings. The maximum atomic E-state index is 12.9. The van der Waals surface area contributed by atoms with Gasteiger partial charge in [-0.2, -0.15) is 9.29 Å². The van der Waals surface area contributed by atoms with Crippen LogP contribution < -0.4 is 5.73 Å². The first-order chi connectivity index (χ1) is 12.4. The quantitative estimate of drug-likeness (QED) is 0.878. The van der Waals surface area contributed by atoms with Crippen LogP contribution in [0, 0.1) is 6.92 Å². The predicted molar refractivity (Wildman–Crippen MR) is 95.9 cm³/mol. The van der Waals surface area contributed by atoms with Crippen LogP contribution in [0.3, 0.4) is 0 Å². The number of hydrogen-bond acceptors (Lipinski definition) is 6. The summed E-state index contributed by atoms with van der Waals surface area (Å²) < 4.78 is 32.8. The van der Waals surface area contributed by atoms with Crippen LogP contribution in [0.1, 0.15) is 55.3 Å². The molecule has 1 atom stereocenters. The molecule has 8 heteroatoms. The lowest BCUT2D eigenvalue weighted by molar-refractivity contribution is 0.226. The summed E-state index contributed by atoms with van der Waals surface area (Å²) in [4.78, 5) is 4.83. The third kappa shape index (κ3) is 3.06. The average molecular weight is 376 g/mol. The normalized spacial score (nSPS) is 23.5. The highest BCUT2D eigenvalue weighted by molar-refractivity contribution is 7.89. The van der Waals surface area contributed by atoms with Crippen LogP contribution in [-0.4, -0.2) is 36.0 Å². The van der Waals surface area contributed by atoms with Gasteiger partial charge in [0.2, 0.25) is 15.9 Å². The van der Waals surface area contributed by atoms with Crippen LogP contribution in [0.4, 0.5) is 0 Å². The molecular weight excluding hydrogens is 352 g/mol. The molecule has 0 spiro atoms. The topological polar surface area (TPSA) is 102 Å². The molecule has 1 aromatic heterocycles. The second kappa shape index (κ2) is 6.44. The molecule has 2 fully saturated rings. The van der Waals surface area contributed by atoms with Crippen molar-refractivity contribution in [3.05, 3.63) is 41.5 Å². The molecule has 0 amide bonds. The van der Waals surface area contributed by atoms with Gasteiger partial charge in [0.05, 0.1) is 16.4 Å². The number of nitrogens with two attached hydrogens (primary N) is 1. The standard InChI is InChI=1S/C18H24N4O3S/c1-13-5-7-15(8-6-13)26(23,24)22-11-2-4-14(12-22)16-20-17(21-25-16)18(19)9-3-10-18/h5-8,14H,2-4,9-12,19H2,1H3. The van der Waals surface area contributed by atoms with E-state index in [1.807, 2.05) is 19.1 Å². The molecule has 4 rings (SSSR count). The van der Waals surface area contributed by atoms with Gasteiger partial charge < -0.3 is 10.3 Å². The average Bonchev–Trinajstić information content (AvgIpc) is 3.11. The molecule has 0 bridgehead atoms. The van der Waals surface area contributed by atoms with Crippen LogP contribution in [0.15, 0.2) is 33.7 Å². The van der Waals surface area contributed by atoms with Crippen molar-refractivity contribution in [2.24, 2.45) is 5.73 Å². The molecule has 140 valence electrons. The van der Waals surface area contributed by atoms with Crippen molar-refractivity contribution in [3.63, 3.8) is 0 Å². The zero-order valence-electron chi connectivity index (χ0n) is 14.9. The Morgan fingerprint density at radius 1 is 1.23 bits per heavy atom. The maximum absolute atomic E-state index is 12.9. The number of aromatic nitrogens is 2. The van der Waals surface area contributed by atoms with Gasteiger partial charge in [0.25, 0.3) is 0 Å². The summed E-state index contributed by atoms with van der Waals surface area (Å²) >= 11 is 0. The van der Waals surface area contributed by atoms with E-state index in [0.717, 1.165) is 37.7 Å². The fourth-order valence-corrected chi connectivity index (χ4v) is 5.13. The fraction of sp³-hybridized carbons (Fsp3) is 0.556. The highest BCUT2D eigenvalue weighted by Gasteiger charge is 2.40. The molecule has 1 aliphatic carbocycles. The Bertz CT molecular complexity index is 887. The van der Waals surface area contributed by atoms with Crippen molar-refractivity contribution in [1.82, 2.24) is 14.4 Å². The molecule has 0 radical (unpaired) electrons. The smallest absolute Gasteiger partial charge is 0.243 e. The van der Waals surface area contributed by atoms with Crippen LogP contribution in [0.5, 0.6) is 0 Å². The largest absolute Gasteiger partial charge is 0.339 e. The molecule has 2 aromatic rings. The van der Waals surface area contributed by atoms with Gasteiger partial charge in [-0.15, -0.1) is 0 Å². The van der Waals surface area contributed by atoms with E-state index in [4.69, 9.17) is 10.3 Å². The number of benzene rings is 1. The molecule has 1 unspecified atom stereocenters. The number of nitrogens with zero attached hydrogens (tertiary/aromatic N) is 3. The molecule has 26 heavy (non-hydrogen) atoms. The summed E-state index contributed by atoms with van der Waals surface area (Å²) in [6.07, 6.45) is 4.40. The minimum Gasteiger partial charge on any atom is -0.339 e. The van der Waals surface area contributed by atoms with Crippen molar-refractivity contribution < 1.29 is 12.9 Å². The van der Waals surface area contributed by atoms with Crippen molar-refractivity contribution in [1.29, 1.82) is 0 Å². The van der Waals surface area contributed by atoms with Gasteiger partial charge in [-0.05, 0) is 51.2 Å². The predicted octanol–water partition coefficient (Wildman–Crippen LogP) is 2.28. The number of sulfonamides is 1. The number of aryl methyl sites for hydroxylation is 1. The summed E-state index contributed by atoms with van der Waals surface area (Å²) in [5, 5.41) is 4.06. The molecule has 2 heterocycles. The van der Waals surface area contributed by atoms with Gasteiger partial charge in [-0.25, -0.2) is 8.42 Å².